The van der Waals surface area contributed by atoms with Gasteiger partial charge in [0.1, 0.15) is 0 Å². The van der Waals surface area contributed by atoms with E-state index in [1.54, 1.807) is 0 Å². The summed E-state index contributed by atoms with van der Waals surface area (Å²) in [6.45, 7) is 4.54. The zero-order chi connectivity index (χ0) is 13.1. The van der Waals surface area contributed by atoms with Crippen molar-refractivity contribution in [1.82, 2.24) is 15.5 Å². The standard InChI is InChI=1S/C14H17N3O2/c1-10-2-4-11(5-3-10)14-16-13(19-17-14)8-12-9-15-6-7-18-12/h2-5,12,15H,6-9H2,1H3. The van der Waals surface area contributed by atoms with Gasteiger partial charge in [-0.25, -0.2) is 0 Å². The summed E-state index contributed by atoms with van der Waals surface area (Å²) in [5.74, 6) is 1.27. The van der Waals surface area contributed by atoms with Crippen LogP contribution in [0.3, 0.4) is 0 Å². The highest BCUT2D eigenvalue weighted by Crippen LogP contribution is 2.17. The van der Waals surface area contributed by atoms with Gasteiger partial charge < -0.3 is 14.6 Å². The molecular formula is C14H17N3O2. The van der Waals surface area contributed by atoms with Crippen LogP contribution < -0.4 is 5.32 Å². The van der Waals surface area contributed by atoms with Gasteiger partial charge in [0.15, 0.2) is 0 Å². The van der Waals surface area contributed by atoms with E-state index < -0.39 is 0 Å². The molecule has 1 unspecified atom stereocenters. The first-order valence-electron chi connectivity index (χ1n) is 6.53. The maximum atomic E-state index is 5.62. The van der Waals surface area contributed by atoms with E-state index in [9.17, 15) is 0 Å². The van der Waals surface area contributed by atoms with Crippen molar-refractivity contribution in [3.63, 3.8) is 0 Å². The van der Waals surface area contributed by atoms with E-state index in [0.717, 1.165) is 25.3 Å². The fraction of sp³-hybridized carbons (Fsp3) is 0.429. The van der Waals surface area contributed by atoms with Gasteiger partial charge in [-0.05, 0) is 6.92 Å². The second-order valence-corrected chi connectivity index (χ2v) is 4.78. The molecule has 3 rings (SSSR count). The summed E-state index contributed by atoms with van der Waals surface area (Å²) in [7, 11) is 0. The fourth-order valence-electron chi connectivity index (χ4n) is 2.10. The predicted molar refractivity (Wildman–Crippen MR) is 70.8 cm³/mol. The highest BCUT2D eigenvalue weighted by molar-refractivity contribution is 5.54. The Morgan fingerprint density at radius 2 is 2.16 bits per heavy atom. The number of aromatic nitrogens is 2. The average molecular weight is 259 g/mol. The first-order chi connectivity index (χ1) is 9.31. The third kappa shape index (κ3) is 3.00. The molecule has 1 N–H and O–H groups in total. The van der Waals surface area contributed by atoms with Gasteiger partial charge in [-0.3, -0.25) is 0 Å². The molecule has 0 spiro atoms. The van der Waals surface area contributed by atoms with Crippen molar-refractivity contribution in [1.29, 1.82) is 0 Å². The molecule has 1 aliphatic heterocycles. The maximum absolute atomic E-state index is 5.62. The fourth-order valence-corrected chi connectivity index (χ4v) is 2.10. The normalized spacial score (nSPS) is 19.5. The molecule has 2 aromatic rings. The minimum Gasteiger partial charge on any atom is -0.375 e. The van der Waals surface area contributed by atoms with Crippen LogP contribution in [0.25, 0.3) is 11.4 Å². The molecule has 0 bridgehead atoms. The molecule has 1 saturated heterocycles. The Kier molecular flexibility index (Phi) is 3.57. The zero-order valence-corrected chi connectivity index (χ0v) is 10.9. The number of hydrogen-bond acceptors (Lipinski definition) is 5. The van der Waals surface area contributed by atoms with Crippen LogP contribution in [0.1, 0.15) is 11.5 Å². The Hall–Kier alpha value is -1.72. The first kappa shape index (κ1) is 12.3. The summed E-state index contributed by atoms with van der Waals surface area (Å²) in [5, 5.41) is 7.30. The average Bonchev–Trinajstić information content (AvgIpc) is 2.89. The Bertz CT molecular complexity index is 530. The van der Waals surface area contributed by atoms with Crippen molar-refractivity contribution >= 4 is 0 Å². The molecule has 5 heteroatoms. The Morgan fingerprint density at radius 3 is 2.89 bits per heavy atom. The lowest BCUT2D eigenvalue weighted by Gasteiger charge is -2.21. The van der Waals surface area contributed by atoms with Crippen molar-refractivity contribution < 1.29 is 9.26 Å². The van der Waals surface area contributed by atoms with Crippen molar-refractivity contribution in [2.45, 2.75) is 19.4 Å². The summed E-state index contributed by atoms with van der Waals surface area (Å²) in [6.07, 6.45) is 0.784. The van der Waals surface area contributed by atoms with Gasteiger partial charge in [-0.2, -0.15) is 4.98 Å². The van der Waals surface area contributed by atoms with Crippen molar-refractivity contribution in [3.05, 3.63) is 35.7 Å². The molecule has 1 aromatic carbocycles. The molecule has 1 atom stereocenters. The quantitative estimate of drug-likeness (QED) is 0.906. The summed E-state index contributed by atoms with van der Waals surface area (Å²) in [5.41, 5.74) is 2.19. The van der Waals surface area contributed by atoms with Crippen LogP contribution in [-0.4, -0.2) is 35.9 Å². The van der Waals surface area contributed by atoms with Crippen molar-refractivity contribution in [2.24, 2.45) is 0 Å². The third-order valence-electron chi connectivity index (χ3n) is 3.18. The maximum Gasteiger partial charge on any atom is 0.229 e. The molecule has 1 aromatic heterocycles. The molecule has 5 nitrogen and oxygen atoms in total. The summed E-state index contributed by atoms with van der Waals surface area (Å²) in [6, 6.07) is 8.09. The van der Waals surface area contributed by atoms with Crippen LogP contribution in [0, 0.1) is 6.92 Å². The van der Waals surface area contributed by atoms with Crippen LogP contribution in [0.2, 0.25) is 0 Å². The number of ether oxygens (including phenoxy) is 1. The third-order valence-corrected chi connectivity index (χ3v) is 3.18. The van der Waals surface area contributed by atoms with Gasteiger partial charge in [0.25, 0.3) is 0 Å². The van der Waals surface area contributed by atoms with Gasteiger partial charge in [-0.15, -0.1) is 0 Å². The number of benzene rings is 1. The summed E-state index contributed by atoms with van der Waals surface area (Å²) < 4.78 is 10.9. The second-order valence-electron chi connectivity index (χ2n) is 4.78. The van der Waals surface area contributed by atoms with Gasteiger partial charge in [-0.1, -0.05) is 35.0 Å². The van der Waals surface area contributed by atoms with E-state index in [1.165, 1.54) is 5.56 Å². The first-order valence-corrected chi connectivity index (χ1v) is 6.53. The molecule has 0 amide bonds. The van der Waals surface area contributed by atoms with E-state index in [4.69, 9.17) is 9.26 Å². The second kappa shape index (κ2) is 5.50. The number of morpholine rings is 1. The number of hydrogen-bond donors (Lipinski definition) is 1. The van der Waals surface area contributed by atoms with Gasteiger partial charge in [0.05, 0.1) is 19.1 Å². The van der Waals surface area contributed by atoms with Crippen LogP contribution in [0.5, 0.6) is 0 Å². The van der Waals surface area contributed by atoms with E-state index in [0.29, 0.717) is 18.1 Å². The topological polar surface area (TPSA) is 60.2 Å². The number of nitrogens with zero attached hydrogens (tertiary/aromatic N) is 2. The molecule has 0 saturated carbocycles. The lowest BCUT2D eigenvalue weighted by atomic mass is 10.1. The van der Waals surface area contributed by atoms with Crippen LogP contribution in [-0.2, 0) is 11.2 Å². The molecule has 2 heterocycles. The molecular weight excluding hydrogens is 242 g/mol. The number of nitrogens with one attached hydrogen (secondary N) is 1. The molecule has 100 valence electrons. The minimum atomic E-state index is 0.125. The molecule has 1 fully saturated rings. The van der Waals surface area contributed by atoms with Crippen molar-refractivity contribution in [2.75, 3.05) is 19.7 Å². The van der Waals surface area contributed by atoms with Crippen LogP contribution in [0.15, 0.2) is 28.8 Å². The molecule has 1 aliphatic rings. The molecule has 0 aliphatic carbocycles. The van der Waals surface area contributed by atoms with E-state index >= 15 is 0 Å². The highest BCUT2D eigenvalue weighted by atomic mass is 16.5. The van der Waals surface area contributed by atoms with Crippen LogP contribution >= 0.6 is 0 Å². The SMILES string of the molecule is Cc1ccc(-c2noc(CC3CNCCO3)n2)cc1. The summed E-state index contributed by atoms with van der Waals surface area (Å²) >= 11 is 0. The lowest BCUT2D eigenvalue weighted by molar-refractivity contribution is 0.0246. The van der Waals surface area contributed by atoms with Gasteiger partial charge in [0.2, 0.25) is 11.7 Å². The van der Waals surface area contributed by atoms with E-state index in [-0.39, 0.29) is 6.10 Å². The summed E-state index contributed by atoms with van der Waals surface area (Å²) in [4.78, 5) is 4.42. The lowest BCUT2D eigenvalue weighted by Crippen LogP contribution is -2.39. The molecule has 0 radical (unpaired) electrons. The monoisotopic (exact) mass is 259 g/mol. The minimum absolute atomic E-state index is 0.125. The Morgan fingerprint density at radius 1 is 1.32 bits per heavy atom. The molecule has 19 heavy (non-hydrogen) atoms. The Labute approximate surface area is 112 Å². The number of rotatable bonds is 3. The van der Waals surface area contributed by atoms with E-state index in [1.807, 2.05) is 24.3 Å². The zero-order valence-electron chi connectivity index (χ0n) is 10.9. The smallest absolute Gasteiger partial charge is 0.229 e. The largest absolute Gasteiger partial charge is 0.375 e. The van der Waals surface area contributed by atoms with E-state index in [2.05, 4.69) is 22.4 Å². The number of aryl methyl sites for hydroxylation is 1. The highest BCUT2D eigenvalue weighted by Gasteiger charge is 2.18. The van der Waals surface area contributed by atoms with Crippen LogP contribution in [0.4, 0.5) is 0 Å². The van der Waals surface area contributed by atoms with Crippen molar-refractivity contribution in [3.8, 4) is 11.4 Å². The Balaban J connectivity index is 1.70. The van der Waals surface area contributed by atoms with Gasteiger partial charge >= 0.3 is 0 Å². The predicted octanol–water partition coefficient (Wildman–Crippen LogP) is 1.58. The van der Waals surface area contributed by atoms with Gasteiger partial charge in [0, 0.05) is 18.7 Å².